The molecule has 0 bridgehead atoms. The van der Waals surface area contributed by atoms with E-state index >= 15 is 0 Å². The number of nitrogens with one attached hydrogen (secondary N) is 2. The lowest BCUT2D eigenvalue weighted by atomic mass is 10.1. The van der Waals surface area contributed by atoms with Crippen molar-refractivity contribution < 1.29 is 14.3 Å². The van der Waals surface area contributed by atoms with Gasteiger partial charge in [-0.3, -0.25) is 4.79 Å². The standard InChI is InChI=1S/C25H29N5O3/c1-4-23(31)27-19-7-10-21(22(15-19)32-3)24-17(2)16-26-25(29-24)28-18-5-8-20(9-6-18)30-11-13-33-14-12-30/h5-10,15-16H,4,11-14H2,1-3H3,(H,27,31)(H,26,28,29). The normalized spacial score (nSPS) is 13.5. The van der Waals surface area contributed by atoms with Gasteiger partial charge in [-0.15, -0.1) is 0 Å². The number of hydrogen-bond acceptors (Lipinski definition) is 7. The number of nitrogens with zero attached hydrogens (tertiary/aromatic N) is 3. The first kappa shape index (κ1) is 22.5. The lowest BCUT2D eigenvalue weighted by Crippen LogP contribution is -2.36. The lowest BCUT2D eigenvalue weighted by Gasteiger charge is -2.28. The molecule has 8 heteroatoms. The van der Waals surface area contributed by atoms with Crippen LogP contribution in [0.25, 0.3) is 11.3 Å². The molecule has 0 unspecified atom stereocenters. The summed E-state index contributed by atoms with van der Waals surface area (Å²) in [6.45, 7) is 7.10. The van der Waals surface area contributed by atoms with Crippen molar-refractivity contribution in [3.05, 3.63) is 54.2 Å². The van der Waals surface area contributed by atoms with Crippen molar-refractivity contribution in [1.82, 2.24) is 9.97 Å². The van der Waals surface area contributed by atoms with Gasteiger partial charge in [-0.05, 0) is 48.9 Å². The summed E-state index contributed by atoms with van der Waals surface area (Å²) in [5, 5.41) is 6.15. The highest BCUT2D eigenvalue weighted by atomic mass is 16.5. The number of anilines is 4. The number of rotatable bonds is 7. The fourth-order valence-corrected chi connectivity index (χ4v) is 3.70. The molecule has 2 N–H and O–H groups in total. The molecule has 2 aromatic carbocycles. The molecule has 1 aliphatic heterocycles. The van der Waals surface area contributed by atoms with Gasteiger partial charge in [0.15, 0.2) is 0 Å². The minimum absolute atomic E-state index is 0.0471. The molecule has 0 aliphatic carbocycles. The molecular formula is C25H29N5O3. The first-order chi connectivity index (χ1) is 16.1. The van der Waals surface area contributed by atoms with E-state index in [1.54, 1.807) is 13.3 Å². The van der Waals surface area contributed by atoms with Crippen LogP contribution >= 0.6 is 0 Å². The number of hydrogen-bond donors (Lipinski definition) is 2. The number of ether oxygens (including phenoxy) is 2. The Kier molecular flexibility index (Phi) is 7.04. The average Bonchev–Trinajstić information content (AvgIpc) is 2.86. The van der Waals surface area contributed by atoms with Gasteiger partial charge in [-0.1, -0.05) is 6.92 Å². The Morgan fingerprint density at radius 3 is 2.55 bits per heavy atom. The van der Waals surface area contributed by atoms with E-state index in [2.05, 4.69) is 32.7 Å². The molecule has 33 heavy (non-hydrogen) atoms. The maximum Gasteiger partial charge on any atom is 0.227 e. The predicted molar refractivity (Wildman–Crippen MR) is 130 cm³/mol. The van der Waals surface area contributed by atoms with Crippen LogP contribution in [-0.2, 0) is 9.53 Å². The average molecular weight is 448 g/mol. The second-order valence-electron chi connectivity index (χ2n) is 7.81. The number of aromatic nitrogens is 2. The summed E-state index contributed by atoms with van der Waals surface area (Å²) in [5.74, 6) is 1.08. The zero-order valence-electron chi connectivity index (χ0n) is 19.2. The van der Waals surface area contributed by atoms with Gasteiger partial charge in [0.25, 0.3) is 0 Å². The number of benzene rings is 2. The molecule has 1 fully saturated rings. The zero-order valence-corrected chi connectivity index (χ0v) is 19.2. The van der Waals surface area contributed by atoms with Gasteiger partial charge < -0.3 is 25.0 Å². The molecule has 1 aromatic heterocycles. The Labute approximate surface area is 194 Å². The molecule has 0 atom stereocenters. The number of morpholine rings is 1. The lowest BCUT2D eigenvalue weighted by molar-refractivity contribution is -0.115. The molecular weight excluding hydrogens is 418 g/mol. The van der Waals surface area contributed by atoms with Crippen LogP contribution in [0.2, 0.25) is 0 Å². The Balaban J connectivity index is 1.55. The van der Waals surface area contributed by atoms with E-state index in [4.69, 9.17) is 14.5 Å². The molecule has 0 spiro atoms. The summed E-state index contributed by atoms with van der Waals surface area (Å²) < 4.78 is 11.0. The van der Waals surface area contributed by atoms with E-state index < -0.39 is 0 Å². The van der Waals surface area contributed by atoms with Gasteiger partial charge >= 0.3 is 0 Å². The summed E-state index contributed by atoms with van der Waals surface area (Å²) in [6, 6.07) is 13.8. The Morgan fingerprint density at radius 2 is 1.85 bits per heavy atom. The van der Waals surface area contributed by atoms with Crippen molar-refractivity contribution in [2.75, 3.05) is 48.9 Å². The van der Waals surface area contributed by atoms with E-state index in [1.807, 2.05) is 44.2 Å². The third kappa shape index (κ3) is 5.40. The van der Waals surface area contributed by atoms with Gasteiger partial charge in [0.1, 0.15) is 5.75 Å². The molecule has 1 aliphatic rings. The first-order valence-electron chi connectivity index (χ1n) is 11.1. The van der Waals surface area contributed by atoms with Crippen molar-refractivity contribution in [3.8, 4) is 17.0 Å². The highest BCUT2D eigenvalue weighted by Gasteiger charge is 2.14. The summed E-state index contributed by atoms with van der Waals surface area (Å²) in [5.41, 5.74) is 5.29. The van der Waals surface area contributed by atoms with E-state index in [-0.39, 0.29) is 5.91 Å². The highest BCUT2D eigenvalue weighted by molar-refractivity contribution is 5.91. The topological polar surface area (TPSA) is 88.6 Å². The van der Waals surface area contributed by atoms with Gasteiger partial charge in [0, 0.05) is 54.4 Å². The van der Waals surface area contributed by atoms with E-state index in [0.717, 1.165) is 48.8 Å². The molecule has 4 rings (SSSR count). The molecule has 8 nitrogen and oxygen atoms in total. The second-order valence-corrected chi connectivity index (χ2v) is 7.81. The number of methoxy groups -OCH3 is 1. The smallest absolute Gasteiger partial charge is 0.227 e. The van der Waals surface area contributed by atoms with Gasteiger partial charge in [0.2, 0.25) is 11.9 Å². The van der Waals surface area contributed by atoms with Crippen molar-refractivity contribution >= 4 is 28.9 Å². The summed E-state index contributed by atoms with van der Waals surface area (Å²) in [6.07, 6.45) is 2.20. The van der Waals surface area contributed by atoms with Crippen LogP contribution in [0.3, 0.4) is 0 Å². The fourth-order valence-electron chi connectivity index (χ4n) is 3.70. The van der Waals surface area contributed by atoms with Gasteiger partial charge in [0.05, 0.1) is 26.0 Å². The van der Waals surface area contributed by atoms with Crippen LogP contribution in [0, 0.1) is 6.92 Å². The van der Waals surface area contributed by atoms with Crippen LogP contribution in [-0.4, -0.2) is 49.3 Å². The summed E-state index contributed by atoms with van der Waals surface area (Å²) >= 11 is 0. The molecule has 1 saturated heterocycles. The van der Waals surface area contributed by atoms with Crippen LogP contribution in [0.5, 0.6) is 5.75 Å². The predicted octanol–water partition coefficient (Wildman–Crippen LogP) is 4.39. The van der Waals surface area contributed by atoms with Crippen molar-refractivity contribution in [1.29, 1.82) is 0 Å². The molecule has 0 saturated carbocycles. The molecule has 172 valence electrons. The minimum atomic E-state index is -0.0471. The maximum absolute atomic E-state index is 11.7. The van der Waals surface area contributed by atoms with Crippen molar-refractivity contribution in [2.45, 2.75) is 20.3 Å². The highest BCUT2D eigenvalue weighted by Crippen LogP contribution is 2.34. The van der Waals surface area contributed by atoms with Crippen LogP contribution in [0.15, 0.2) is 48.7 Å². The van der Waals surface area contributed by atoms with E-state index in [1.165, 1.54) is 5.69 Å². The molecule has 3 aromatic rings. The Hall–Kier alpha value is -3.65. The van der Waals surface area contributed by atoms with Gasteiger partial charge in [-0.2, -0.15) is 0 Å². The second kappa shape index (κ2) is 10.3. The van der Waals surface area contributed by atoms with E-state index in [0.29, 0.717) is 23.8 Å². The summed E-state index contributed by atoms with van der Waals surface area (Å²) in [7, 11) is 1.61. The monoisotopic (exact) mass is 447 g/mol. The largest absolute Gasteiger partial charge is 0.496 e. The number of aryl methyl sites for hydroxylation is 1. The minimum Gasteiger partial charge on any atom is -0.496 e. The Bertz CT molecular complexity index is 1110. The summed E-state index contributed by atoms with van der Waals surface area (Å²) in [4.78, 5) is 23.2. The van der Waals surface area contributed by atoms with Gasteiger partial charge in [-0.25, -0.2) is 9.97 Å². The van der Waals surface area contributed by atoms with Crippen molar-refractivity contribution in [3.63, 3.8) is 0 Å². The third-order valence-corrected chi connectivity index (χ3v) is 5.53. The van der Waals surface area contributed by atoms with Crippen LogP contribution in [0.4, 0.5) is 23.0 Å². The zero-order chi connectivity index (χ0) is 23.2. The number of amides is 1. The Morgan fingerprint density at radius 1 is 1.12 bits per heavy atom. The van der Waals surface area contributed by atoms with Crippen LogP contribution < -0.4 is 20.3 Å². The van der Waals surface area contributed by atoms with Crippen molar-refractivity contribution in [2.24, 2.45) is 0 Å². The molecule has 0 radical (unpaired) electrons. The molecule has 2 heterocycles. The number of carbonyl (C=O) groups is 1. The van der Waals surface area contributed by atoms with Crippen LogP contribution in [0.1, 0.15) is 18.9 Å². The quantitative estimate of drug-likeness (QED) is 0.555. The maximum atomic E-state index is 11.7. The third-order valence-electron chi connectivity index (χ3n) is 5.53. The van der Waals surface area contributed by atoms with E-state index in [9.17, 15) is 4.79 Å². The molecule has 1 amide bonds. The SMILES string of the molecule is CCC(=O)Nc1ccc(-c2nc(Nc3ccc(N4CCOCC4)cc3)ncc2C)c(OC)c1. The fraction of sp³-hybridized carbons (Fsp3) is 0.320. The first-order valence-corrected chi connectivity index (χ1v) is 11.1. The number of carbonyl (C=O) groups excluding carboxylic acids is 1.